The van der Waals surface area contributed by atoms with Gasteiger partial charge in [0.05, 0.1) is 6.10 Å². The number of hydrogen-bond donors (Lipinski definition) is 2. The third-order valence-electron chi connectivity index (χ3n) is 2.60. The summed E-state index contributed by atoms with van der Waals surface area (Å²) in [6.45, 7) is 7.59. The minimum absolute atomic E-state index is 0.184. The fraction of sp³-hybridized carbons (Fsp3) is 0.533. The van der Waals surface area contributed by atoms with Gasteiger partial charge in [0.1, 0.15) is 5.60 Å². The van der Waals surface area contributed by atoms with Crippen LogP contribution in [0.2, 0.25) is 0 Å². The van der Waals surface area contributed by atoms with Gasteiger partial charge in [0, 0.05) is 13.0 Å². The standard InChI is InChI=1S/C15H23NO3/c1-11-7-5-6-8-12(11)9-13(17)10-16-14(18)19-15(2,3)4/h5-8,13,17H,9-10H2,1-4H3,(H,16,18). The summed E-state index contributed by atoms with van der Waals surface area (Å²) in [7, 11) is 0. The first-order chi connectivity index (χ1) is 8.78. The largest absolute Gasteiger partial charge is 0.444 e. The first-order valence-electron chi connectivity index (χ1n) is 6.47. The van der Waals surface area contributed by atoms with E-state index in [0.717, 1.165) is 11.1 Å². The molecule has 0 saturated heterocycles. The Morgan fingerprint density at radius 1 is 1.37 bits per heavy atom. The molecular formula is C15H23NO3. The second kappa shape index (κ2) is 6.57. The molecule has 0 heterocycles. The zero-order valence-electron chi connectivity index (χ0n) is 12.1. The highest BCUT2D eigenvalue weighted by Gasteiger charge is 2.17. The molecule has 1 aromatic carbocycles. The van der Waals surface area contributed by atoms with Gasteiger partial charge < -0.3 is 15.2 Å². The number of aliphatic hydroxyl groups excluding tert-OH is 1. The normalized spacial score (nSPS) is 12.9. The molecule has 0 saturated carbocycles. The van der Waals surface area contributed by atoms with Gasteiger partial charge in [0.15, 0.2) is 0 Å². The van der Waals surface area contributed by atoms with Crippen molar-refractivity contribution in [2.75, 3.05) is 6.54 Å². The minimum atomic E-state index is -0.617. The molecule has 19 heavy (non-hydrogen) atoms. The van der Waals surface area contributed by atoms with Crippen LogP contribution in [0.1, 0.15) is 31.9 Å². The van der Waals surface area contributed by atoms with Crippen LogP contribution < -0.4 is 5.32 Å². The maximum absolute atomic E-state index is 11.4. The number of carbonyl (C=O) groups is 1. The van der Waals surface area contributed by atoms with Crippen LogP contribution in [-0.4, -0.2) is 29.4 Å². The molecular weight excluding hydrogens is 242 g/mol. The van der Waals surface area contributed by atoms with Crippen LogP contribution in [0.4, 0.5) is 4.79 Å². The quantitative estimate of drug-likeness (QED) is 0.879. The summed E-state index contributed by atoms with van der Waals surface area (Å²) in [6, 6.07) is 7.88. The van der Waals surface area contributed by atoms with Crippen LogP contribution in [0.25, 0.3) is 0 Å². The maximum atomic E-state index is 11.4. The molecule has 1 unspecified atom stereocenters. The Balaban J connectivity index is 2.38. The van der Waals surface area contributed by atoms with Gasteiger partial charge in [-0.2, -0.15) is 0 Å². The number of nitrogens with one attached hydrogen (secondary N) is 1. The lowest BCUT2D eigenvalue weighted by Gasteiger charge is -2.20. The molecule has 1 atom stereocenters. The van der Waals surface area contributed by atoms with Crippen molar-refractivity contribution in [1.82, 2.24) is 5.32 Å². The van der Waals surface area contributed by atoms with E-state index < -0.39 is 17.8 Å². The van der Waals surface area contributed by atoms with Crippen molar-refractivity contribution in [3.05, 3.63) is 35.4 Å². The lowest BCUT2D eigenvalue weighted by molar-refractivity contribution is 0.0492. The van der Waals surface area contributed by atoms with Crippen molar-refractivity contribution >= 4 is 6.09 Å². The first-order valence-corrected chi connectivity index (χ1v) is 6.47. The number of carbonyl (C=O) groups excluding carboxylic acids is 1. The van der Waals surface area contributed by atoms with Crippen molar-refractivity contribution in [3.8, 4) is 0 Å². The molecule has 1 rings (SSSR count). The van der Waals surface area contributed by atoms with Gasteiger partial charge in [-0.3, -0.25) is 0 Å². The topological polar surface area (TPSA) is 58.6 Å². The maximum Gasteiger partial charge on any atom is 0.407 e. The number of benzene rings is 1. The molecule has 0 aliphatic heterocycles. The Bertz CT molecular complexity index is 424. The van der Waals surface area contributed by atoms with E-state index in [1.165, 1.54) is 0 Å². The lowest BCUT2D eigenvalue weighted by atomic mass is 10.0. The number of aryl methyl sites for hydroxylation is 1. The number of amides is 1. The summed E-state index contributed by atoms with van der Waals surface area (Å²) >= 11 is 0. The molecule has 0 aliphatic carbocycles. The smallest absolute Gasteiger partial charge is 0.407 e. The highest BCUT2D eigenvalue weighted by Crippen LogP contribution is 2.10. The number of aliphatic hydroxyl groups is 1. The molecule has 4 heteroatoms. The predicted molar refractivity (Wildman–Crippen MR) is 75.1 cm³/mol. The Labute approximate surface area is 114 Å². The summed E-state index contributed by atoms with van der Waals surface area (Å²) in [5.74, 6) is 0. The second-order valence-electron chi connectivity index (χ2n) is 5.67. The van der Waals surface area contributed by atoms with Crippen molar-refractivity contribution in [2.45, 2.75) is 45.8 Å². The van der Waals surface area contributed by atoms with Gasteiger partial charge in [0.2, 0.25) is 0 Å². The molecule has 1 aromatic rings. The van der Waals surface area contributed by atoms with Gasteiger partial charge in [-0.05, 0) is 38.8 Å². The minimum Gasteiger partial charge on any atom is -0.444 e. The van der Waals surface area contributed by atoms with Crippen LogP contribution in [0, 0.1) is 6.92 Å². The molecule has 0 aromatic heterocycles. The zero-order chi connectivity index (χ0) is 14.5. The number of ether oxygens (including phenoxy) is 1. The van der Waals surface area contributed by atoms with Gasteiger partial charge >= 0.3 is 6.09 Å². The van der Waals surface area contributed by atoms with Crippen molar-refractivity contribution in [3.63, 3.8) is 0 Å². The monoisotopic (exact) mass is 265 g/mol. The lowest BCUT2D eigenvalue weighted by Crippen LogP contribution is -2.37. The Morgan fingerprint density at radius 3 is 2.58 bits per heavy atom. The van der Waals surface area contributed by atoms with E-state index in [4.69, 9.17) is 4.74 Å². The van der Waals surface area contributed by atoms with Crippen molar-refractivity contribution in [2.24, 2.45) is 0 Å². The van der Waals surface area contributed by atoms with Gasteiger partial charge in [0.25, 0.3) is 0 Å². The van der Waals surface area contributed by atoms with Crippen molar-refractivity contribution in [1.29, 1.82) is 0 Å². The van der Waals surface area contributed by atoms with E-state index in [2.05, 4.69) is 5.32 Å². The van der Waals surface area contributed by atoms with Crippen LogP contribution in [0.5, 0.6) is 0 Å². The molecule has 2 N–H and O–H groups in total. The van der Waals surface area contributed by atoms with E-state index in [0.29, 0.717) is 6.42 Å². The number of hydrogen-bond acceptors (Lipinski definition) is 3. The van der Waals surface area contributed by atoms with Crippen LogP contribution in [-0.2, 0) is 11.2 Å². The Kier molecular flexibility index (Phi) is 5.36. The van der Waals surface area contributed by atoms with Gasteiger partial charge in [-0.15, -0.1) is 0 Å². The summed E-state index contributed by atoms with van der Waals surface area (Å²) in [5.41, 5.74) is 1.70. The van der Waals surface area contributed by atoms with Crippen LogP contribution >= 0.6 is 0 Å². The average molecular weight is 265 g/mol. The summed E-state index contributed by atoms with van der Waals surface area (Å²) in [6.07, 6.45) is -0.604. The highest BCUT2D eigenvalue weighted by molar-refractivity contribution is 5.67. The summed E-state index contributed by atoms with van der Waals surface area (Å²) < 4.78 is 5.10. The van der Waals surface area contributed by atoms with Crippen LogP contribution in [0.15, 0.2) is 24.3 Å². The summed E-state index contributed by atoms with van der Waals surface area (Å²) in [4.78, 5) is 11.4. The molecule has 4 nitrogen and oxygen atoms in total. The van der Waals surface area contributed by atoms with Gasteiger partial charge in [-0.25, -0.2) is 4.79 Å². The molecule has 0 spiro atoms. The average Bonchev–Trinajstić information content (AvgIpc) is 2.27. The Morgan fingerprint density at radius 2 is 2.00 bits per heavy atom. The molecule has 0 bridgehead atoms. The fourth-order valence-corrected chi connectivity index (χ4v) is 1.68. The van der Waals surface area contributed by atoms with E-state index in [1.807, 2.05) is 31.2 Å². The molecule has 106 valence electrons. The van der Waals surface area contributed by atoms with E-state index in [9.17, 15) is 9.90 Å². The van der Waals surface area contributed by atoms with Crippen molar-refractivity contribution < 1.29 is 14.6 Å². The highest BCUT2D eigenvalue weighted by atomic mass is 16.6. The number of rotatable bonds is 4. The second-order valence-corrected chi connectivity index (χ2v) is 5.67. The molecule has 0 aliphatic rings. The van der Waals surface area contributed by atoms with E-state index in [-0.39, 0.29) is 6.54 Å². The van der Waals surface area contributed by atoms with Gasteiger partial charge in [-0.1, -0.05) is 24.3 Å². The Hall–Kier alpha value is -1.55. The SMILES string of the molecule is Cc1ccccc1CC(O)CNC(=O)OC(C)(C)C. The van der Waals surface area contributed by atoms with E-state index >= 15 is 0 Å². The van der Waals surface area contributed by atoms with E-state index in [1.54, 1.807) is 20.8 Å². The molecule has 0 radical (unpaired) electrons. The molecule has 1 amide bonds. The predicted octanol–water partition coefficient (Wildman–Crippen LogP) is 2.42. The number of alkyl carbamates (subject to hydrolysis) is 1. The summed E-state index contributed by atoms with van der Waals surface area (Å²) in [5, 5.41) is 12.5. The zero-order valence-corrected chi connectivity index (χ0v) is 12.1. The third kappa shape index (κ3) is 6.25. The molecule has 0 fully saturated rings. The fourth-order valence-electron chi connectivity index (χ4n) is 1.68. The first kappa shape index (κ1) is 15.5. The van der Waals surface area contributed by atoms with Crippen LogP contribution in [0.3, 0.4) is 0 Å². The third-order valence-corrected chi connectivity index (χ3v) is 2.60.